The number of aromatic hydroxyl groups is 1. The van der Waals surface area contributed by atoms with Crippen molar-refractivity contribution in [1.82, 2.24) is 14.5 Å². The first-order valence-electron chi connectivity index (χ1n) is 16.0. The molecule has 2 aromatic carbocycles. The number of pyridine rings is 2. The predicted molar refractivity (Wildman–Crippen MR) is 174 cm³/mol. The van der Waals surface area contributed by atoms with E-state index in [1.807, 2.05) is 32.6 Å². The Balaban J connectivity index is 1.78. The second-order valence-electron chi connectivity index (χ2n) is 11.8. The molecule has 2 aliphatic rings. The number of nitrogens with zero attached hydrogens (tertiary/aromatic N) is 5. The SMILES string of the molecule is [2H]C([2H])([2H])N1C[C@H]2CN(C(=O)C=C)[C@H](C)CN2c2c1c(=O)n(-c1c(C)ccnc1C(C)C)c1cc(-c3c(O)cccc3F)c(Cl)cc21. The van der Waals surface area contributed by atoms with Gasteiger partial charge in [0, 0.05) is 58.9 Å². The van der Waals surface area contributed by atoms with Crippen molar-refractivity contribution in [2.75, 3.05) is 36.4 Å². The van der Waals surface area contributed by atoms with Gasteiger partial charge in [-0.25, -0.2) is 4.39 Å². The number of likely N-dealkylation sites (N-methyl/N-ethyl adjacent to an activating group) is 1. The van der Waals surface area contributed by atoms with E-state index in [9.17, 15) is 9.90 Å². The van der Waals surface area contributed by atoms with E-state index in [2.05, 4.69) is 11.6 Å². The van der Waals surface area contributed by atoms with Gasteiger partial charge in [0.25, 0.3) is 5.56 Å². The normalized spacial score (nSPS) is 19.3. The predicted octanol–water partition coefficient (Wildman–Crippen LogP) is 6.02. The van der Waals surface area contributed by atoms with Gasteiger partial charge in [0.2, 0.25) is 5.91 Å². The van der Waals surface area contributed by atoms with Crippen molar-refractivity contribution < 1.29 is 18.4 Å². The number of amides is 1. The summed E-state index contributed by atoms with van der Waals surface area (Å²) in [5, 5.41) is 11.3. The Labute approximate surface area is 264 Å². The number of anilines is 2. The van der Waals surface area contributed by atoms with Crippen molar-refractivity contribution in [1.29, 1.82) is 0 Å². The summed E-state index contributed by atoms with van der Waals surface area (Å²) in [7, 11) is 0. The maximum atomic E-state index is 15.3. The third-order valence-electron chi connectivity index (χ3n) is 8.65. The number of benzene rings is 2. The third-order valence-corrected chi connectivity index (χ3v) is 8.96. The fourth-order valence-corrected chi connectivity index (χ4v) is 6.85. The molecule has 44 heavy (non-hydrogen) atoms. The Morgan fingerprint density at radius 2 is 1.98 bits per heavy atom. The molecule has 228 valence electrons. The molecule has 0 aliphatic carbocycles. The minimum absolute atomic E-state index is 0.0278. The standard InChI is InChI=1S/C34H35ClFN5O3/c1-7-28(43)39-17-21-16-38(6)33-32(40(21)15-20(39)5)23-13-24(35)22(29-25(36)9-8-10-27(29)42)14-26(23)41(34(33)44)31-19(4)11-12-37-30(31)18(2)3/h7-14,18,20-21,42H,1,15-17H2,2-6H3/t20-,21+/m1/s1/i6D3. The zero-order valence-corrected chi connectivity index (χ0v) is 25.7. The van der Waals surface area contributed by atoms with Crippen molar-refractivity contribution >= 4 is 39.8 Å². The van der Waals surface area contributed by atoms with Crippen LogP contribution in [0, 0.1) is 12.7 Å². The summed E-state index contributed by atoms with van der Waals surface area (Å²) < 4.78 is 42.3. The van der Waals surface area contributed by atoms with Crippen molar-refractivity contribution in [2.24, 2.45) is 0 Å². The molecule has 2 aromatic heterocycles. The number of aryl methyl sites for hydroxylation is 1. The maximum Gasteiger partial charge on any atom is 0.281 e. The summed E-state index contributed by atoms with van der Waals surface area (Å²) >= 11 is 6.90. The van der Waals surface area contributed by atoms with E-state index in [0.29, 0.717) is 34.5 Å². The summed E-state index contributed by atoms with van der Waals surface area (Å²) in [6.45, 7) is 9.00. The van der Waals surface area contributed by atoms with E-state index in [4.69, 9.17) is 15.7 Å². The largest absolute Gasteiger partial charge is 0.507 e. The lowest BCUT2D eigenvalue weighted by Crippen LogP contribution is -2.64. The van der Waals surface area contributed by atoms with Crippen LogP contribution in [0.1, 0.15) is 42.1 Å². The van der Waals surface area contributed by atoms with Crippen LogP contribution in [0.2, 0.25) is 5.02 Å². The molecule has 2 aliphatic heterocycles. The molecular formula is C34H35ClFN5O3. The number of halogens is 2. The average Bonchev–Trinajstić information content (AvgIpc) is 3.00. The summed E-state index contributed by atoms with van der Waals surface area (Å²) in [5.41, 5.74) is 1.91. The Bertz CT molecular complexity index is 1990. The van der Waals surface area contributed by atoms with Gasteiger partial charge in [-0.15, -0.1) is 0 Å². The van der Waals surface area contributed by atoms with Crippen LogP contribution in [0.15, 0.2) is 60.0 Å². The lowest BCUT2D eigenvalue weighted by molar-refractivity contribution is -0.128. The monoisotopic (exact) mass is 618 g/mol. The van der Waals surface area contributed by atoms with Gasteiger partial charge in [-0.2, -0.15) is 0 Å². The molecule has 4 heterocycles. The first kappa shape index (κ1) is 26.1. The van der Waals surface area contributed by atoms with Gasteiger partial charge >= 0.3 is 0 Å². The molecular weight excluding hydrogens is 581 g/mol. The third kappa shape index (κ3) is 4.53. The first-order chi connectivity index (χ1) is 22.1. The van der Waals surface area contributed by atoms with E-state index in [-0.39, 0.29) is 58.5 Å². The van der Waals surface area contributed by atoms with Crippen LogP contribution in [-0.4, -0.2) is 64.2 Å². The molecule has 4 aromatic rings. The Hall–Kier alpha value is -4.37. The van der Waals surface area contributed by atoms with Crippen molar-refractivity contribution in [3.05, 3.63) is 87.7 Å². The summed E-state index contributed by atoms with van der Waals surface area (Å²) in [5.74, 6) is -1.42. The second kappa shape index (κ2) is 11.0. The first-order valence-corrected chi connectivity index (χ1v) is 14.9. The number of fused-ring (bicyclic) bond motifs is 5. The quantitative estimate of drug-likeness (QED) is 0.282. The molecule has 0 saturated carbocycles. The van der Waals surface area contributed by atoms with Gasteiger partial charge in [0.1, 0.15) is 17.3 Å². The molecule has 1 saturated heterocycles. The molecule has 1 N–H and O–H groups in total. The fraction of sp³-hybridized carbons (Fsp3) is 0.324. The minimum atomic E-state index is -2.71. The highest BCUT2D eigenvalue weighted by Gasteiger charge is 2.41. The number of rotatable bonds is 4. The van der Waals surface area contributed by atoms with Crippen LogP contribution in [0.5, 0.6) is 5.75 Å². The van der Waals surface area contributed by atoms with E-state index < -0.39 is 24.4 Å². The molecule has 1 fully saturated rings. The number of piperazine rings is 1. The molecule has 1 amide bonds. The van der Waals surface area contributed by atoms with Crippen molar-refractivity contribution in [3.63, 3.8) is 0 Å². The minimum Gasteiger partial charge on any atom is -0.507 e. The summed E-state index contributed by atoms with van der Waals surface area (Å²) in [6, 6.07) is 8.10. The molecule has 10 heteroatoms. The van der Waals surface area contributed by atoms with Crippen LogP contribution in [-0.2, 0) is 4.79 Å². The highest BCUT2D eigenvalue weighted by molar-refractivity contribution is 6.34. The van der Waals surface area contributed by atoms with Gasteiger partial charge in [-0.05, 0) is 61.7 Å². The Kier molecular flexibility index (Phi) is 6.50. The number of aromatic nitrogens is 2. The summed E-state index contributed by atoms with van der Waals surface area (Å²) in [6.07, 6.45) is 2.89. The van der Waals surface area contributed by atoms with Gasteiger partial charge < -0.3 is 19.8 Å². The number of phenols is 1. The molecule has 0 bridgehead atoms. The van der Waals surface area contributed by atoms with Crippen LogP contribution in [0.25, 0.3) is 27.7 Å². The molecule has 0 unspecified atom stereocenters. The number of hydrogen-bond acceptors (Lipinski definition) is 6. The van der Waals surface area contributed by atoms with Gasteiger partial charge in [-0.3, -0.25) is 19.1 Å². The maximum absolute atomic E-state index is 15.3. The smallest absolute Gasteiger partial charge is 0.281 e. The van der Waals surface area contributed by atoms with E-state index in [1.165, 1.54) is 28.8 Å². The number of carbonyl (C=O) groups excluding carboxylic acids is 1. The molecule has 0 radical (unpaired) electrons. The zero-order valence-electron chi connectivity index (χ0n) is 27.9. The van der Waals surface area contributed by atoms with Crippen LogP contribution >= 0.6 is 11.6 Å². The van der Waals surface area contributed by atoms with Crippen molar-refractivity contribution in [2.45, 2.75) is 45.7 Å². The molecule has 0 spiro atoms. The Morgan fingerprint density at radius 1 is 1.20 bits per heavy atom. The van der Waals surface area contributed by atoms with E-state index in [1.54, 1.807) is 29.3 Å². The lowest BCUT2D eigenvalue weighted by atomic mass is 9.96. The zero-order chi connectivity index (χ0) is 34.1. The molecule has 8 nitrogen and oxygen atoms in total. The van der Waals surface area contributed by atoms with Gasteiger partial charge in [0.15, 0.2) is 0 Å². The van der Waals surface area contributed by atoms with Crippen LogP contribution in [0.3, 0.4) is 0 Å². The highest BCUT2D eigenvalue weighted by Crippen LogP contribution is 2.46. The van der Waals surface area contributed by atoms with Crippen LogP contribution in [0.4, 0.5) is 15.8 Å². The molecule has 2 atom stereocenters. The van der Waals surface area contributed by atoms with Gasteiger partial charge in [0.05, 0.1) is 34.2 Å². The molecule has 6 rings (SSSR count). The van der Waals surface area contributed by atoms with Gasteiger partial charge in [-0.1, -0.05) is 38.1 Å². The fourth-order valence-electron chi connectivity index (χ4n) is 6.59. The number of carbonyl (C=O) groups is 1. The topological polar surface area (TPSA) is 81.9 Å². The highest BCUT2D eigenvalue weighted by atomic mass is 35.5. The second-order valence-corrected chi connectivity index (χ2v) is 12.2. The average molecular weight is 619 g/mol. The van der Waals surface area contributed by atoms with Crippen LogP contribution < -0.4 is 15.4 Å². The Morgan fingerprint density at radius 3 is 2.66 bits per heavy atom. The summed E-state index contributed by atoms with van der Waals surface area (Å²) in [4.78, 5) is 37.2. The van der Waals surface area contributed by atoms with E-state index in [0.717, 1.165) is 10.5 Å². The van der Waals surface area contributed by atoms with Crippen molar-refractivity contribution in [3.8, 4) is 22.6 Å². The number of hydrogen-bond donors (Lipinski definition) is 1. The number of phenolic OH excluding ortho intramolecular Hbond substituents is 1. The lowest BCUT2D eigenvalue weighted by Gasteiger charge is -2.51. The van der Waals surface area contributed by atoms with E-state index >= 15 is 9.18 Å².